The van der Waals surface area contributed by atoms with Gasteiger partial charge in [0.05, 0.1) is 17.9 Å². The molecule has 5 nitrogen and oxygen atoms in total. The van der Waals surface area contributed by atoms with Crippen LogP contribution >= 0.6 is 11.3 Å². The fourth-order valence-corrected chi connectivity index (χ4v) is 2.91. The van der Waals surface area contributed by atoms with Crippen LogP contribution in [0.1, 0.15) is 25.2 Å². The fourth-order valence-electron chi connectivity index (χ4n) is 2.13. The molecule has 1 N–H and O–H groups in total. The van der Waals surface area contributed by atoms with Gasteiger partial charge in [0, 0.05) is 31.2 Å². The number of fused-ring (bicyclic) bond motifs is 1. The van der Waals surface area contributed by atoms with Crippen LogP contribution in [-0.2, 0) is 11.3 Å². The van der Waals surface area contributed by atoms with Crippen molar-refractivity contribution < 1.29 is 4.79 Å². The molecular formula is C13H20N4OS. The minimum atomic E-state index is 0.147. The van der Waals surface area contributed by atoms with E-state index in [0.29, 0.717) is 13.1 Å². The highest BCUT2D eigenvalue weighted by Crippen LogP contribution is 2.16. The van der Waals surface area contributed by atoms with Gasteiger partial charge in [0.25, 0.3) is 0 Å². The van der Waals surface area contributed by atoms with Gasteiger partial charge in [-0.2, -0.15) is 0 Å². The number of carbonyl (C=O) groups is 1. The van der Waals surface area contributed by atoms with Gasteiger partial charge in [0.1, 0.15) is 0 Å². The SMILES string of the molecule is CCN(CC)C(=O)CNCc1c(C)nc2sccn12. The Labute approximate surface area is 117 Å². The number of imidazole rings is 1. The Kier molecular flexibility index (Phi) is 4.55. The van der Waals surface area contributed by atoms with Crippen molar-refractivity contribution in [2.75, 3.05) is 19.6 Å². The molecule has 2 rings (SSSR count). The maximum atomic E-state index is 11.9. The minimum absolute atomic E-state index is 0.147. The molecule has 0 saturated carbocycles. The van der Waals surface area contributed by atoms with Gasteiger partial charge in [-0.05, 0) is 20.8 Å². The topological polar surface area (TPSA) is 49.6 Å². The number of aromatic nitrogens is 2. The number of hydrogen-bond acceptors (Lipinski definition) is 4. The van der Waals surface area contributed by atoms with Crippen molar-refractivity contribution in [1.82, 2.24) is 19.6 Å². The summed E-state index contributed by atoms with van der Waals surface area (Å²) in [5.74, 6) is 0.147. The molecule has 0 bridgehead atoms. The number of nitrogens with zero attached hydrogens (tertiary/aromatic N) is 3. The van der Waals surface area contributed by atoms with Crippen molar-refractivity contribution >= 4 is 22.2 Å². The summed E-state index contributed by atoms with van der Waals surface area (Å²) in [5, 5.41) is 5.23. The summed E-state index contributed by atoms with van der Waals surface area (Å²) < 4.78 is 2.08. The standard InChI is InChI=1S/C13H20N4OS/c1-4-16(5-2)12(18)9-14-8-11-10(3)15-13-17(11)6-7-19-13/h6-7,14H,4-5,8-9H2,1-3H3. The maximum Gasteiger partial charge on any atom is 0.236 e. The van der Waals surface area contributed by atoms with Crippen molar-refractivity contribution in [2.45, 2.75) is 27.3 Å². The lowest BCUT2D eigenvalue weighted by atomic mass is 10.3. The van der Waals surface area contributed by atoms with Gasteiger partial charge in [-0.15, -0.1) is 11.3 Å². The first-order valence-corrected chi connectivity index (χ1v) is 7.44. The molecule has 2 heterocycles. The number of nitrogens with one attached hydrogen (secondary N) is 1. The van der Waals surface area contributed by atoms with Crippen LogP contribution < -0.4 is 5.32 Å². The number of thiazole rings is 1. The second-order valence-electron chi connectivity index (χ2n) is 4.37. The van der Waals surface area contributed by atoms with Crippen molar-refractivity contribution in [3.63, 3.8) is 0 Å². The molecule has 0 aliphatic heterocycles. The van der Waals surface area contributed by atoms with Crippen LogP contribution in [-0.4, -0.2) is 39.8 Å². The third kappa shape index (κ3) is 2.96. The Bertz CT molecular complexity index is 556. The first-order chi connectivity index (χ1) is 9.17. The number of likely N-dealkylation sites (N-methyl/N-ethyl adjacent to an activating group) is 1. The molecule has 2 aromatic rings. The lowest BCUT2D eigenvalue weighted by molar-refractivity contribution is -0.129. The number of aryl methyl sites for hydroxylation is 1. The first kappa shape index (κ1) is 14.0. The Balaban J connectivity index is 1.94. The maximum absolute atomic E-state index is 11.9. The van der Waals surface area contributed by atoms with Crippen molar-refractivity contribution in [3.05, 3.63) is 23.0 Å². The molecule has 0 fully saturated rings. The average molecular weight is 280 g/mol. The minimum Gasteiger partial charge on any atom is -0.342 e. The molecule has 104 valence electrons. The highest BCUT2D eigenvalue weighted by atomic mass is 32.1. The van der Waals surface area contributed by atoms with E-state index in [4.69, 9.17) is 0 Å². The van der Waals surface area contributed by atoms with E-state index >= 15 is 0 Å². The number of rotatable bonds is 6. The summed E-state index contributed by atoms with van der Waals surface area (Å²) in [6, 6.07) is 0. The zero-order valence-electron chi connectivity index (χ0n) is 11.6. The highest BCUT2D eigenvalue weighted by Gasteiger charge is 2.11. The monoisotopic (exact) mass is 280 g/mol. The van der Waals surface area contributed by atoms with Gasteiger partial charge in [-0.25, -0.2) is 4.98 Å². The third-order valence-corrected chi connectivity index (χ3v) is 4.00. The predicted octanol–water partition coefficient (Wildman–Crippen LogP) is 1.66. The molecular weight excluding hydrogens is 260 g/mol. The Morgan fingerprint density at radius 3 is 2.89 bits per heavy atom. The van der Waals surface area contributed by atoms with Crippen molar-refractivity contribution in [2.24, 2.45) is 0 Å². The lowest BCUT2D eigenvalue weighted by Gasteiger charge is -2.18. The van der Waals surface area contributed by atoms with Gasteiger partial charge >= 0.3 is 0 Å². The van der Waals surface area contributed by atoms with Gasteiger partial charge in [0.2, 0.25) is 5.91 Å². The summed E-state index contributed by atoms with van der Waals surface area (Å²) in [4.78, 5) is 19.2. The summed E-state index contributed by atoms with van der Waals surface area (Å²) in [5.41, 5.74) is 2.15. The summed E-state index contributed by atoms with van der Waals surface area (Å²) in [6.07, 6.45) is 2.02. The van der Waals surface area contributed by atoms with E-state index in [2.05, 4.69) is 14.7 Å². The van der Waals surface area contributed by atoms with Crippen molar-refractivity contribution in [1.29, 1.82) is 0 Å². The molecule has 0 saturated heterocycles. The predicted molar refractivity (Wildman–Crippen MR) is 77.4 cm³/mol. The first-order valence-electron chi connectivity index (χ1n) is 6.56. The second kappa shape index (κ2) is 6.16. The molecule has 1 amide bonds. The molecule has 0 aliphatic rings. The molecule has 0 spiro atoms. The van der Waals surface area contributed by atoms with Crippen LogP contribution in [0.15, 0.2) is 11.6 Å². The number of hydrogen-bond donors (Lipinski definition) is 1. The Morgan fingerprint density at radius 1 is 1.47 bits per heavy atom. The molecule has 2 aromatic heterocycles. The van der Waals surface area contributed by atoms with E-state index in [-0.39, 0.29) is 5.91 Å². The van der Waals surface area contributed by atoms with Crippen LogP contribution in [0.5, 0.6) is 0 Å². The molecule has 0 aliphatic carbocycles. The lowest BCUT2D eigenvalue weighted by Crippen LogP contribution is -2.37. The Hall–Kier alpha value is -1.40. The average Bonchev–Trinajstić information content (AvgIpc) is 2.93. The number of carbonyl (C=O) groups excluding carboxylic acids is 1. The molecule has 0 atom stereocenters. The van der Waals surface area contributed by atoms with Crippen LogP contribution in [0.3, 0.4) is 0 Å². The van der Waals surface area contributed by atoms with Crippen molar-refractivity contribution in [3.8, 4) is 0 Å². The van der Waals surface area contributed by atoms with Gasteiger partial charge in [-0.1, -0.05) is 0 Å². The third-order valence-electron chi connectivity index (χ3n) is 3.25. The van der Waals surface area contributed by atoms with Crippen LogP contribution in [0.2, 0.25) is 0 Å². The molecule has 19 heavy (non-hydrogen) atoms. The summed E-state index contributed by atoms with van der Waals surface area (Å²) in [6.45, 7) is 8.56. The fraction of sp³-hybridized carbons (Fsp3) is 0.538. The summed E-state index contributed by atoms with van der Waals surface area (Å²) in [7, 11) is 0. The van der Waals surface area contributed by atoms with Crippen LogP contribution in [0, 0.1) is 6.92 Å². The Morgan fingerprint density at radius 2 is 2.21 bits per heavy atom. The van der Waals surface area contributed by atoms with E-state index in [1.807, 2.05) is 37.2 Å². The summed E-state index contributed by atoms with van der Waals surface area (Å²) >= 11 is 1.62. The van der Waals surface area contributed by atoms with Gasteiger partial charge < -0.3 is 10.2 Å². The zero-order chi connectivity index (χ0) is 13.8. The largest absolute Gasteiger partial charge is 0.342 e. The van der Waals surface area contributed by atoms with Crippen LogP contribution in [0.4, 0.5) is 0 Å². The normalized spacial score (nSPS) is 11.1. The molecule has 0 unspecified atom stereocenters. The van der Waals surface area contributed by atoms with Crippen LogP contribution in [0.25, 0.3) is 4.96 Å². The smallest absolute Gasteiger partial charge is 0.236 e. The molecule has 0 radical (unpaired) electrons. The van der Waals surface area contributed by atoms with E-state index in [9.17, 15) is 4.79 Å². The molecule has 0 aromatic carbocycles. The van der Waals surface area contributed by atoms with Gasteiger partial charge in [-0.3, -0.25) is 9.20 Å². The van der Waals surface area contributed by atoms with E-state index in [1.54, 1.807) is 11.3 Å². The number of amides is 1. The van der Waals surface area contributed by atoms with Gasteiger partial charge in [0.15, 0.2) is 4.96 Å². The van der Waals surface area contributed by atoms with E-state index in [1.165, 1.54) is 0 Å². The second-order valence-corrected chi connectivity index (χ2v) is 5.24. The van der Waals surface area contributed by atoms with E-state index < -0.39 is 0 Å². The highest BCUT2D eigenvalue weighted by molar-refractivity contribution is 7.15. The quantitative estimate of drug-likeness (QED) is 0.875. The zero-order valence-corrected chi connectivity index (χ0v) is 12.5. The molecule has 6 heteroatoms. The van der Waals surface area contributed by atoms with E-state index in [0.717, 1.165) is 29.4 Å².